The second-order valence-corrected chi connectivity index (χ2v) is 6.09. The van der Waals surface area contributed by atoms with Gasteiger partial charge in [0.2, 0.25) is 0 Å². The lowest BCUT2D eigenvalue weighted by molar-refractivity contribution is 0.199. The van der Waals surface area contributed by atoms with E-state index >= 15 is 0 Å². The van der Waals surface area contributed by atoms with E-state index in [-0.39, 0.29) is 0 Å². The molecule has 1 aromatic rings. The number of piperazine rings is 1. The summed E-state index contributed by atoms with van der Waals surface area (Å²) >= 11 is 3.69. The van der Waals surface area contributed by atoms with Crippen molar-refractivity contribution in [1.82, 2.24) is 10.2 Å². The van der Waals surface area contributed by atoms with Crippen LogP contribution >= 0.6 is 15.9 Å². The number of ether oxygens (including phenoxy) is 1. The highest BCUT2D eigenvalue weighted by Crippen LogP contribution is 2.25. The largest absolute Gasteiger partial charge is 0.383 e. The quantitative estimate of drug-likeness (QED) is 0.800. The van der Waals surface area contributed by atoms with Crippen LogP contribution in [0, 0.1) is 0 Å². The number of anilines is 1. The molecular weight excluding hydrogens is 318 g/mol. The van der Waals surface area contributed by atoms with E-state index in [0.717, 1.165) is 45.9 Å². The number of hydrogen-bond acceptors (Lipinski definition) is 4. The van der Waals surface area contributed by atoms with Gasteiger partial charge in [0.25, 0.3) is 0 Å². The summed E-state index contributed by atoms with van der Waals surface area (Å²) in [6.45, 7) is 6.98. The Morgan fingerprint density at radius 2 is 2.00 bits per heavy atom. The van der Waals surface area contributed by atoms with Crippen LogP contribution in [-0.2, 0) is 11.3 Å². The minimum absolute atomic E-state index is 0.747. The van der Waals surface area contributed by atoms with Crippen LogP contribution in [0.4, 0.5) is 5.69 Å². The average Bonchev–Trinajstić information content (AvgIpc) is 2.46. The Bertz CT molecular complexity index is 420. The fourth-order valence-electron chi connectivity index (χ4n) is 2.34. The first-order valence-corrected chi connectivity index (χ1v) is 7.91. The Morgan fingerprint density at radius 3 is 2.65 bits per heavy atom. The fourth-order valence-corrected chi connectivity index (χ4v) is 2.85. The van der Waals surface area contributed by atoms with Gasteiger partial charge in [-0.2, -0.15) is 0 Å². The van der Waals surface area contributed by atoms with Crippen molar-refractivity contribution >= 4 is 21.6 Å². The van der Waals surface area contributed by atoms with E-state index in [2.05, 4.69) is 56.3 Å². The third kappa shape index (κ3) is 4.45. The zero-order valence-electron chi connectivity index (χ0n) is 12.4. The van der Waals surface area contributed by atoms with E-state index in [4.69, 9.17) is 4.74 Å². The van der Waals surface area contributed by atoms with E-state index in [9.17, 15) is 0 Å². The average molecular weight is 342 g/mol. The van der Waals surface area contributed by atoms with Crippen molar-refractivity contribution in [3.63, 3.8) is 0 Å². The summed E-state index contributed by atoms with van der Waals surface area (Å²) in [6, 6.07) is 6.67. The number of benzene rings is 1. The van der Waals surface area contributed by atoms with Gasteiger partial charge in [0, 0.05) is 56.5 Å². The van der Waals surface area contributed by atoms with Crippen molar-refractivity contribution in [2.24, 2.45) is 0 Å². The molecule has 0 amide bonds. The Morgan fingerprint density at radius 1 is 1.25 bits per heavy atom. The molecule has 0 spiro atoms. The SMILES string of the molecule is COCCNCc1ccc(N2CCN(C)CC2)cc1Br. The molecule has 112 valence electrons. The molecule has 0 aliphatic carbocycles. The van der Waals surface area contributed by atoms with Gasteiger partial charge in [-0.25, -0.2) is 0 Å². The zero-order chi connectivity index (χ0) is 14.4. The molecule has 20 heavy (non-hydrogen) atoms. The van der Waals surface area contributed by atoms with Gasteiger partial charge in [-0.3, -0.25) is 0 Å². The summed E-state index contributed by atoms with van der Waals surface area (Å²) < 4.78 is 6.21. The lowest BCUT2D eigenvalue weighted by Gasteiger charge is -2.34. The molecule has 0 unspecified atom stereocenters. The van der Waals surface area contributed by atoms with Gasteiger partial charge >= 0.3 is 0 Å². The lowest BCUT2D eigenvalue weighted by atomic mass is 10.1. The predicted molar refractivity (Wildman–Crippen MR) is 87.4 cm³/mol. The topological polar surface area (TPSA) is 27.7 Å². The zero-order valence-corrected chi connectivity index (χ0v) is 13.9. The number of likely N-dealkylation sites (N-methyl/N-ethyl adjacent to an activating group) is 1. The fraction of sp³-hybridized carbons (Fsp3) is 0.600. The van der Waals surface area contributed by atoms with Gasteiger partial charge in [0.15, 0.2) is 0 Å². The Kier molecular flexibility index (Phi) is 6.29. The lowest BCUT2D eigenvalue weighted by Crippen LogP contribution is -2.44. The molecule has 1 saturated heterocycles. The number of nitrogens with one attached hydrogen (secondary N) is 1. The number of methoxy groups -OCH3 is 1. The third-order valence-corrected chi connectivity index (χ3v) is 4.44. The minimum Gasteiger partial charge on any atom is -0.383 e. The first-order valence-electron chi connectivity index (χ1n) is 7.12. The summed E-state index contributed by atoms with van der Waals surface area (Å²) in [7, 11) is 3.91. The molecule has 0 bridgehead atoms. The van der Waals surface area contributed by atoms with Gasteiger partial charge in [-0.15, -0.1) is 0 Å². The van der Waals surface area contributed by atoms with Crippen LogP contribution in [0.1, 0.15) is 5.56 Å². The summed E-state index contributed by atoms with van der Waals surface area (Å²) in [6.07, 6.45) is 0. The van der Waals surface area contributed by atoms with Gasteiger partial charge < -0.3 is 19.9 Å². The van der Waals surface area contributed by atoms with Crippen LogP contribution in [-0.4, -0.2) is 58.4 Å². The molecule has 0 saturated carbocycles. The smallest absolute Gasteiger partial charge is 0.0587 e. The number of halogens is 1. The Balaban J connectivity index is 1.91. The van der Waals surface area contributed by atoms with Crippen molar-refractivity contribution in [2.75, 3.05) is 58.4 Å². The molecule has 5 heteroatoms. The highest BCUT2D eigenvalue weighted by atomic mass is 79.9. The van der Waals surface area contributed by atoms with E-state index in [1.807, 2.05) is 0 Å². The van der Waals surface area contributed by atoms with E-state index in [1.54, 1.807) is 7.11 Å². The van der Waals surface area contributed by atoms with Crippen molar-refractivity contribution < 1.29 is 4.74 Å². The molecule has 1 fully saturated rings. The van der Waals surface area contributed by atoms with Crippen LogP contribution in [0.5, 0.6) is 0 Å². The molecule has 0 atom stereocenters. The highest BCUT2D eigenvalue weighted by molar-refractivity contribution is 9.10. The van der Waals surface area contributed by atoms with Crippen LogP contribution in [0.3, 0.4) is 0 Å². The molecular formula is C15H24BrN3O. The van der Waals surface area contributed by atoms with Crippen molar-refractivity contribution in [3.8, 4) is 0 Å². The first-order chi connectivity index (χ1) is 9.70. The third-order valence-electron chi connectivity index (χ3n) is 3.70. The highest BCUT2D eigenvalue weighted by Gasteiger charge is 2.14. The number of nitrogens with zero attached hydrogens (tertiary/aromatic N) is 2. The van der Waals surface area contributed by atoms with Crippen molar-refractivity contribution in [1.29, 1.82) is 0 Å². The predicted octanol–water partition coefficient (Wildman–Crippen LogP) is 1.94. The Labute approximate surface area is 130 Å². The normalized spacial score (nSPS) is 16.6. The second kappa shape index (κ2) is 7.98. The molecule has 2 rings (SSSR count). The van der Waals surface area contributed by atoms with E-state index in [1.165, 1.54) is 15.7 Å². The molecule has 1 aromatic carbocycles. The summed E-state index contributed by atoms with van der Waals surface area (Å²) in [5.41, 5.74) is 2.60. The number of hydrogen-bond donors (Lipinski definition) is 1. The summed E-state index contributed by atoms with van der Waals surface area (Å²) in [5.74, 6) is 0. The van der Waals surface area contributed by atoms with Gasteiger partial charge in [0.05, 0.1) is 6.61 Å². The van der Waals surface area contributed by atoms with E-state index in [0.29, 0.717) is 0 Å². The summed E-state index contributed by atoms with van der Waals surface area (Å²) in [5, 5.41) is 3.37. The van der Waals surface area contributed by atoms with Gasteiger partial charge in [-0.1, -0.05) is 22.0 Å². The molecule has 1 heterocycles. The molecule has 1 aliphatic heterocycles. The maximum absolute atomic E-state index is 5.03. The van der Waals surface area contributed by atoms with Crippen LogP contribution in [0.15, 0.2) is 22.7 Å². The van der Waals surface area contributed by atoms with E-state index < -0.39 is 0 Å². The van der Waals surface area contributed by atoms with Gasteiger partial charge in [0.1, 0.15) is 0 Å². The number of rotatable bonds is 6. The molecule has 4 nitrogen and oxygen atoms in total. The Hall–Kier alpha value is -0.620. The van der Waals surface area contributed by atoms with Crippen molar-refractivity contribution in [2.45, 2.75) is 6.54 Å². The molecule has 0 radical (unpaired) electrons. The standard InChI is InChI=1S/C15H24BrN3O/c1-18-6-8-19(9-7-18)14-4-3-13(15(16)11-14)12-17-5-10-20-2/h3-4,11,17H,5-10,12H2,1-2H3. The first kappa shape index (κ1) is 15.8. The molecule has 0 aromatic heterocycles. The van der Waals surface area contributed by atoms with Gasteiger partial charge in [-0.05, 0) is 24.7 Å². The summed E-state index contributed by atoms with van der Waals surface area (Å²) in [4.78, 5) is 4.83. The van der Waals surface area contributed by atoms with Crippen LogP contribution in [0.25, 0.3) is 0 Å². The maximum Gasteiger partial charge on any atom is 0.0587 e. The van der Waals surface area contributed by atoms with Crippen molar-refractivity contribution in [3.05, 3.63) is 28.2 Å². The van der Waals surface area contributed by atoms with Crippen LogP contribution < -0.4 is 10.2 Å². The molecule has 1 N–H and O–H groups in total. The monoisotopic (exact) mass is 341 g/mol. The van der Waals surface area contributed by atoms with Crippen LogP contribution in [0.2, 0.25) is 0 Å². The minimum atomic E-state index is 0.747. The maximum atomic E-state index is 5.03. The molecule has 1 aliphatic rings. The second-order valence-electron chi connectivity index (χ2n) is 5.24.